The smallest absolute Gasteiger partial charge is 0.119 e. The van der Waals surface area contributed by atoms with Gasteiger partial charge in [0.25, 0.3) is 0 Å². The van der Waals surface area contributed by atoms with Crippen LogP contribution in [0.25, 0.3) is 0 Å². The first-order valence-electron chi connectivity index (χ1n) is 7.69. The van der Waals surface area contributed by atoms with Gasteiger partial charge in [-0.3, -0.25) is 9.58 Å². The van der Waals surface area contributed by atoms with E-state index in [1.807, 2.05) is 36.0 Å². The number of halogens is 1. The van der Waals surface area contributed by atoms with E-state index in [-0.39, 0.29) is 6.04 Å². The Morgan fingerprint density at radius 2 is 2.09 bits per heavy atom. The molecular formula is C16H21ClN4O2. The maximum absolute atomic E-state index is 5.88. The minimum absolute atomic E-state index is 0.131. The van der Waals surface area contributed by atoms with Crippen LogP contribution in [-0.2, 0) is 18.2 Å². The van der Waals surface area contributed by atoms with Gasteiger partial charge in [0.1, 0.15) is 18.1 Å². The lowest BCUT2D eigenvalue weighted by molar-refractivity contribution is 0.0701. The van der Waals surface area contributed by atoms with Gasteiger partial charge in [-0.25, -0.2) is 0 Å². The van der Waals surface area contributed by atoms with E-state index >= 15 is 0 Å². The molecule has 1 aromatic heterocycles. The first-order chi connectivity index (χ1) is 11.2. The molecule has 1 aliphatic heterocycles. The van der Waals surface area contributed by atoms with Crippen LogP contribution in [-0.4, -0.2) is 53.3 Å². The molecule has 6 nitrogen and oxygen atoms in total. The van der Waals surface area contributed by atoms with Crippen LogP contribution in [0.5, 0.6) is 5.75 Å². The van der Waals surface area contributed by atoms with Gasteiger partial charge in [-0.1, -0.05) is 16.8 Å². The van der Waals surface area contributed by atoms with E-state index in [0.29, 0.717) is 18.2 Å². The summed E-state index contributed by atoms with van der Waals surface area (Å²) in [5.41, 5.74) is 2.22. The molecule has 0 amide bonds. The average molecular weight is 337 g/mol. The lowest BCUT2D eigenvalue weighted by Gasteiger charge is -2.34. The molecule has 2 aromatic rings. The highest BCUT2D eigenvalue weighted by atomic mass is 35.5. The second kappa shape index (κ2) is 7.29. The summed E-state index contributed by atoms with van der Waals surface area (Å²) in [7, 11) is 3.65. The van der Waals surface area contributed by atoms with E-state index < -0.39 is 0 Å². The van der Waals surface area contributed by atoms with Crippen LogP contribution in [0.4, 0.5) is 0 Å². The molecule has 0 saturated carbocycles. The summed E-state index contributed by atoms with van der Waals surface area (Å²) in [6.45, 7) is 2.98. The largest absolute Gasteiger partial charge is 0.492 e. The van der Waals surface area contributed by atoms with Crippen molar-refractivity contribution in [1.82, 2.24) is 19.9 Å². The Balaban J connectivity index is 1.61. The van der Waals surface area contributed by atoms with Gasteiger partial charge in [0.15, 0.2) is 0 Å². The Labute approximate surface area is 140 Å². The van der Waals surface area contributed by atoms with E-state index in [0.717, 1.165) is 31.0 Å². The molecule has 0 spiro atoms. The highest BCUT2D eigenvalue weighted by Gasteiger charge is 2.31. The summed E-state index contributed by atoms with van der Waals surface area (Å²) in [5.74, 6) is 0.829. The number of aryl methyl sites for hydroxylation is 1. The van der Waals surface area contributed by atoms with Crippen LogP contribution in [0.1, 0.15) is 17.4 Å². The van der Waals surface area contributed by atoms with Crippen LogP contribution in [0.15, 0.2) is 24.3 Å². The van der Waals surface area contributed by atoms with Gasteiger partial charge in [0, 0.05) is 38.7 Å². The molecule has 1 aliphatic rings. The van der Waals surface area contributed by atoms with Gasteiger partial charge in [-0.2, -0.15) is 0 Å². The van der Waals surface area contributed by atoms with Crippen molar-refractivity contribution in [2.75, 3.05) is 33.4 Å². The van der Waals surface area contributed by atoms with Crippen molar-refractivity contribution in [2.45, 2.75) is 12.5 Å². The van der Waals surface area contributed by atoms with Crippen LogP contribution in [0, 0.1) is 0 Å². The molecule has 0 saturated heterocycles. The number of fused-ring (bicyclic) bond motifs is 1. The molecule has 0 bridgehead atoms. The van der Waals surface area contributed by atoms with E-state index in [1.54, 1.807) is 7.11 Å². The highest BCUT2D eigenvalue weighted by molar-refractivity contribution is 6.30. The van der Waals surface area contributed by atoms with Crippen molar-refractivity contribution in [2.24, 2.45) is 7.05 Å². The molecule has 0 N–H and O–H groups in total. The maximum atomic E-state index is 5.88. The Kier molecular flexibility index (Phi) is 5.15. The number of rotatable bonds is 6. The normalized spacial score (nSPS) is 18.0. The minimum atomic E-state index is 0.131. The zero-order valence-corrected chi connectivity index (χ0v) is 14.2. The van der Waals surface area contributed by atoms with Crippen LogP contribution < -0.4 is 4.74 Å². The first kappa shape index (κ1) is 16.2. The summed E-state index contributed by atoms with van der Waals surface area (Å²) in [6.07, 6.45) is 0.944. The molecule has 1 aromatic carbocycles. The Hall–Kier alpha value is -1.63. The molecule has 1 atom stereocenters. The topological polar surface area (TPSA) is 52.4 Å². The molecule has 7 heteroatoms. The summed E-state index contributed by atoms with van der Waals surface area (Å²) >= 11 is 5.88. The van der Waals surface area contributed by atoms with E-state index in [4.69, 9.17) is 21.1 Å². The third-order valence-corrected chi connectivity index (χ3v) is 4.40. The number of aromatic nitrogens is 3. The number of benzene rings is 1. The molecule has 0 aliphatic carbocycles. The third-order valence-electron chi connectivity index (χ3n) is 4.15. The van der Waals surface area contributed by atoms with Crippen molar-refractivity contribution in [3.8, 4) is 5.75 Å². The predicted molar refractivity (Wildman–Crippen MR) is 87.8 cm³/mol. The molecule has 0 fully saturated rings. The molecule has 124 valence electrons. The van der Waals surface area contributed by atoms with Crippen molar-refractivity contribution in [3.05, 3.63) is 40.7 Å². The first-order valence-corrected chi connectivity index (χ1v) is 8.06. The summed E-state index contributed by atoms with van der Waals surface area (Å²) in [4.78, 5) is 2.34. The molecule has 0 unspecified atom stereocenters. The third kappa shape index (κ3) is 3.65. The van der Waals surface area contributed by atoms with Crippen molar-refractivity contribution in [1.29, 1.82) is 0 Å². The van der Waals surface area contributed by atoms with Gasteiger partial charge in [0.2, 0.25) is 0 Å². The standard InChI is InChI=1S/C16H21ClN4O2/c1-20-14-7-8-21(15(11-22-2)16(14)18-19-20)9-10-23-13-5-3-12(17)4-6-13/h3-6,15H,7-11H2,1-2H3/t15-/m1/s1. The van der Waals surface area contributed by atoms with Gasteiger partial charge in [0.05, 0.1) is 18.3 Å². The van der Waals surface area contributed by atoms with Crippen LogP contribution >= 0.6 is 11.6 Å². The van der Waals surface area contributed by atoms with E-state index in [2.05, 4.69) is 15.2 Å². The lowest BCUT2D eigenvalue weighted by atomic mass is 10.0. The molecule has 2 heterocycles. The Bertz CT molecular complexity index is 644. The number of hydrogen-bond donors (Lipinski definition) is 0. The zero-order valence-electron chi connectivity index (χ0n) is 13.4. The number of hydrogen-bond acceptors (Lipinski definition) is 5. The SMILES string of the molecule is COC[C@@H]1c2nnn(C)c2CCN1CCOc1ccc(Cl)cc1. The number of nitrogens with zero attached hydrogens (tertiary/aromatic N) is 4. The van der Waals surface area contributed by atoms with E-state index in [9.17, 15) is 0 Å². The molecule has 3 rings (SSSR count). The predicted octanol–water partition coefficient (Wildman–Crippen LogP) is 2.09. The fourth-order valence-electron chi connectivity index (χ4n) is 2.94. The summed E-state index contributed by atoms with van der Waals surface area (Å²) < 4.78 is 13.0. The molecule has 23 heavy (non-hydrogen) atoms. The maximum Gasteiger partial charge on any atom is 0.119 e. The Morgan fingerprint density at radius 3 is 2.83 bits per heavy atom. The van der Waals surface area contributed by atoms with Gasteiger partial charge < -0.3 is 9.47 Å². The lowest BCUT2D eigenvalue weighted by Crippen LogP contribution is -2.40. The Morgan fingerprint density at radius 1 is 1.30 bits per heavy atom. The van der Waals surface area contributed by atoms with Crippen molar-refractivity contribution < 1.29 is 9.47 Å². The van der Waals surface area contributed by atoms with Gasteiger partial charge in [-0.15, -0.1) is 5.10 Å². The number of ether oxygens (including phenoxy) is 2. The number of methoxy groups -OCH3 is 1. The highest BCUT2D eigenvalue weighted by Crippen LogP contribution is 2.27. The average Bonchev–Trinajstić information content (AvgIpc) is 2.93. The summed E-state index contributed by atoms with van der Waals surface area (Å²) in [5, 5.41) is 9.17. The molecular weight excluding hydrogens is 316 g/mol. The monoisotopic (exact) mass is 336 g/mol. The quantitative estimate of drug-likeness (QED) is 0.808. The van der Waals surface area contributed by atoms with Crippen molar-refractivity contribution in [3.63, 3.8) is 0 Å². The van der Waals surface area contributed by atoms with Crippen molar-refractivity contribution >= 4 is 11.6 Å². The fraction of sp³-hybridized carbons (Fsp3) is 0.500. The second-order valence-electron chi connectivity index (χ2n) is 5.60. The fourth-order valence-corrected chi connectivity index (χ4v) is 3.07. The molecule has 0 radical (unpaired) electrons. The zero-order chi connectivity index (χ0) is 16.2. The van der Waals surface area contributed by atoms with Crippen LogP contribution in [0.2, 0.25) is 5.02 Å². The van der Waals surface area contributed by atoms with Crippen LogP contribution in [0.3, 0.4) is 0 Å². The van der Waals surface area contributed by atoms with Gasteiger partial charge >= 0.3 is 0 Å². The minimum Gasteiger partial charge on any atom is -0.492 e. The van der Waals surface area contributed by atoms with Gasteiger partial charge in [-0.05, 0) is 24.3 Å². The summed E-state index contributed by atoms with van der Waals surface area (Å²) in [6, 6.07) is 7.55. The second-order valence-corrected chi connectivity index (χ2v) is 6.04. The van der Waals surface area contributed by atoms with E-state index in [1.165, 1.54) is 5.69 Å².